The van der Waals surface area contributed by atoms with Crippen LogP contribution in [-0.2, 0) is 11.2 Å². The Morgan fingerprint density at radius 2 is 1.67 bits per heavy atom. The second kappa shape index (κ2) is 9.08. The number of nitrogens with zero attached hydrogens (tertiary/aromatic N) is 1. The molecule has 4 nitrogen and oxygen atoms in total. The second-order valence-electron chi connectivity index (χ2n) is 5.82. The van der Waals surface area contributed by atoms with Crippen LogP contribution in [0.3, 0.4) is 0 Å². The van der Waals surface area contributed by atoms with Crippen LogP contribution in [-0.4, -0.2) is 36.6 Å². The van der Waals surface area contributed by atoms with E-state index in [0.717, 1.165) is 19.6 Å². The van der Waals surface area contributed by atoms with Gasteiger partial charge in [0.25, 0.3) is 0 Å². The van der Waals surface area contributed by atoms with Gasteiger partial charge in [0.2, 0.25) is 0 Å². The standard InChI is InChI=1S/C20H26N2O2/c1-3-22(4-2)15-19(14-16-8-6-5-7-9-16)24-20(23)17-10-12-18(21)13-11-17/h5-13,19H,3-4,14-15,21H2,1-2H3/t19-/m1/s1. The minimum Gasteiger partial charge on any atom is -0.457 e. The Bertz CT molecular complexity index is 622. The summed E-state index contributed by atoms with van der Waals surface area (Å²) in [5, 5.41) is 0. The number of nitrogens with two attached hydrogens (primary N) is 1. The van der Waals surface area contributed by atoms with Gasteiger partial charge in [-0.05, 0) is 42.9 Å². The topological polar surface area (TPSA) is 55.6 Å². The highest BCUT2D eigenvalue weighted by Gasteiger charge is 2.19. The first-order valence-corrected chi connectivity index (χ1v) is 8.45. The highest BCUT2D eigenvalue weighted by molar-refractivity contribution is 5.89. The molecule has 0 spiro atoms. The van der Waals surface area contributed by atoms with Crippen LogP contribution < -0.4 is 5.73 Å². The fraction of sp³-hybridized carbons (Fsp3) is 0.350. The summed E-state index contributed by atoms with van der Waals surface area (Å²) in [4.78, 5) is 14.7. The Kier molecular flexibility index (Phi) is 6.82. The van der Waals surface area contributed by atoms with E-state index in [1.807, 2.05) is 18.2 Å². The summed E-state index contributed by atoms with van der Waals surface area (Å²) in [6.45, 7) is 6.82. The zero-order valence-electron chi connectivity index (χ0n) is 14.4. The van der Waals surface area contributed by atoms with Crippen LogP contribution in [0.1, 0.15) is 29.8 Å². The van der Waals surface area contributed by atoms with Crippen molar-refractivity contribution in [2.45, 2.75) is 26.4 Å². The van der Waals surface area contributed by atoms with Gasteiger partial charge in [-0.3, -0.25) is 0 Å². The van der Waals surface area contributed by atoms with Crippen LogP contribution in [0.25, 0.3) is 0 Å². The number of carbonyl (C=O) groups is 1. The van der Waals surface area contributed by atoms with Crippen LogP contribution in [0, 0.1) is 0 Å². The first-order valence-electron chi connectivity index (χ1n) is 8.45. The molecule has 1 atom stereocenters. The smallest absolute Gasteiger partial charge is 0.338 e. The SMILES string of the molecule is CCN(CC)C[C@@H](Cc1ccccc1)OC(=O)c1ccc(N)cc1. The third-order valence-electron chi connectivity index (χ3n) is 4.08. The molecule has 2 aromatic carbocycles. The number of carbonyl (C=O) groups excluding carboxylic acids is 1. The van der Waals surface area contributed by atoms with E-state index in [2.05, 4.69) is 30.9 Å². The maximum absolute atomic E-state index is 12.4. The summed E-state index contributed by atoms with van der Waals surface area (Å²) in [5.41, 5.74) is 8.00. The summed E-state index contributed by atoms with van der Waals surface area (Å²) in [6, 6.07) is 17.0. The normalized spacial score (nSPS) is 12.1. The summed E-state index contributed by atoms with van der Waals surface area (Å²) in [6.07, 6.45) is 0.523. The number of nitrogen functional groups attached to an aromatic ring is 1. The highest BCUT2D eigenvalue weighted by Crippen LogP contribution is 2.12. The molecule has 4 heteroatoms. The molecule has 2 rings (SSSR count). The second-order valence-corrected chi connectivity index (χ2v) is 5.82. The molecule has 0 aliphatic rings. The largest absolute Gasteiger partial charge is 0.457 e. The predicted molar refractivity (Wildman–Crippen MR) is 98.0 cm³/mol. The monoisotopic (exact) mass is 326 g/mol. The molecular formula is C20H26N2O2. The van der Waals surface area contributed by atoms with Crippen molar-refractivity contribution in [3.63, 3.8) is 0 Å². The van der Waals surface area contributed by atoms with E-state index in [9.17, 15) is 4.79 Å². The number of rotatable bonds is 8. The van der Waals surface area contributed by atoms with Crippen molar-refractivity contribution < 1.29 is 9.53 Å². The fourth-order valence-corrected chi connectivity index (χ4v) is 2.63. The fourth-order valence-electron chi connectivity index (χ4n) is 2.63. The van der Waals surface area contributed by atoms with Gasteiger partial charge >= 0.3 is 5.97 Å². The minimum atomic E-state index is -0.303. The van der Waals surface area contributed by atoms with Gasteiger partial charge < -0.3 is 15.4 Å². The predicted octanol–water partition coefficient (Wildman–Crippen LogP) is 3.38. The summed E-state index contributed by atoms with van der Waals surface area (Å²) in [5.74, 6) is -0.303. The molecule has 0 aliphatic heterocycles. The quantitative estimate of drug-likeness (QED) is 0.597. The van der Waals surface area contributed by atoms with E-state index in [-0.39, 0.29) is 12.1 Å². The molecule has 24 heavy (non-hydrogen) atoms. The highest BCUT2D eigenvalue weighted by atomic mass is 16.5. The van der Waals surface area contributed by atoms with Crippen molar-refractivity contribution >= 4 is 11.7 Å². The first kappa shape index (κ1) is 18.0. The molecule has 0 heterocycles. The lowest BCUT2D eigenvalue weighted by Gasteiger charge is -2.25. The lowest BCUT2D eigenvalue weighted by Crippen LogP contribution is -2.36. The van der Waals surface area contributed by atoms with Crippen molar-refractivity contribution in [3.8, 4) is 0 Å². The maximum Gasteiger partial charge on any atom is 0.338 e. The van der Waals surface area contributed by atoms with Gasteiger partial charge in [0.05, 0.1) is 5.56 Å². The lowest BCUT2D eigenvalue weighted by atomic mass is 10.1. The molecule has 0 fully saturated rings. The Morgan fingerprint density at radius 3 is 2.25 bits per heavy atom. The van der Waals surface area contributed by atoms with Crippen LogP contribution in [0.15, 0.2) is 54.6 Å². The van der Waals surface area contributed by atoms with E-state index in [4.69, 9.17) is 10.5 Å². The average molecular weight is 326 g/mol. The zero-order valence-corrected chi connectivity index (χ0v) is 14.4. The van der Waals surface area contributed by atoms with Gasteiger partial charge in [0.15, 0.2) is 0 Å². The van der Waals surface area contributed by atoms with Gasteiger partial charge in [-0.15, -0.1) is 0 Å². The number of ether oxygens (including phenoxy) is 1. The van der Waals surface area contributed by atoms with E-state index in [1.54, 1.807) is 24.3 Å². The third-order valence-corrected chi connectivity index (χ3v) is 4.08. The number of esters is 1. The van der Waals surface area contributed by atoms with E-state index < -0.39 is 0 Å². The van der Waals surface area contributed by atoms with Crippen LogP contribution in [0.5, 0.6) is 0 Å². The summed E-state index contributed by atoms with van der Waals surface area (Å²) >= 11 is 0. The number of likely N-dealkylation sites (N-methyl/N-ethyl adjacent to an activating group) is 1. The molecule has 128 valence electrons. The molecular weight excluding hydrogens is 300 g/mol. The number of anilines is 1. The molecule has 0 saturated carbocycles. The zero-order chi connectivity index (χ0) is 17.4. The van der Waals surface area contributed by atoms with Gasteiger partial charge in [-0.25, -0.2) is 4.79 Å². The molecule has 0 unspecified atom stereocenters. The van der Waals surface area contributed by atoms with Crippen molar-refractivity contribution in [1.29, 1.82) is 0 Å². The Balaban J connectivity index is 2.09. The maximum atomic E-state index is 12.4. The summed E-state index contributed by atoms with van der Waals surface area (Å²) in [7, 11) is 0. The van der Waals surface area contributed by atoms with Crippen LogP contribution in [0.2, 0.25) is 0 Å². The molecule has 0 radical (unpaired) electrons. The van der Waals surface area contributed by atoms with Crippen molar-refractivity contribution in [3.05, 3.63) is 65.7 Å². The molecule has 2 aromatic rings. The number of benzene rings is 2. The van der Waals surface area contributed by atoms with Gasteiger partial charge in [0, 0.05) is 18.7 Å². The van der Waals surface area contributed by atoms with Gasteiger partial charge in [-0.1, -0.05) is 44.2 Å². The van der Waals surface area contributed by atoms with Gasteiger partial charge in [0.1, 0.15) is 6.10 Å². The molecule has 2 N–H and O–H groups in total. The van der Waals surface area contributed by atoms with Gasteiger partial charge in [-0.2, -0.15) is 0 Å². The molecule has 0 saturated heterocycles. The lowest BCUT2D eigenvalue weighted by molar-refractivity contribution is 0.0212. The Morgan fingerprint density at radius 1 is 1.04 bits per heavy atom. The molecule has 0 bridgehead atoms. The van der Waals surface area contributed by atoms with Crippen molar-refractivity contribution in [2.75, 3.05) is 25.4 Å². The minimum absolute atomic E-state index is 0.183. The Hall–Kier alpha value is -2.33. The third kappa shape index (κ3) is 5.39. The van der Waals surface area contributed by atoms with Crippen molar-refractivity contribution in [1.82, 2.24) is 4.90 Å². The van der Waals surface area contributed by atoms with E-state index >= 15 is 0 Å². The van der Waals surface area contributed by atoms with Crippen LogP contribution in [0.4, 0.5) is 5.69 Å². The molecule has 0 amide bonds. The molecule has 0 aromatic heterocycles. The number of hydrogen-bond donors (Lipinski definition) is 1. The Labute approximate surface area is 144 Å². The molecule has 0 aliphatic carbocycles. The average Bonchev–Trinajstić information content (AvgIpc) is 2.60. The summed E-state index contributed by atoms with van der Waals surface area (Å²) < 4.78 is 5.79. The van der Waals surface area contributed by atoms with E-state index in [0.29, 0.717) is 17.7 Å². The van der Waals surface area contributed by atoms with Crippen molar-refractivity contribution in [2.24, 2.45) is 0 Å². The van der Waals surface area contributed by atoms with Crippen LogP contribution >= 0.6 is 0 Å². The first-order chi connectivity index (χ1) is 11.6. The number of hydrogen-bond acceptors (Lipinski definition) is 4. The van der Waals surface area contributed by atoms with E-state index in [1.165, 1.54) is 5.56 Å².